The summed E-state index contributed by atoms with van der Waals surface area (Å²) in [4.78, 5) is 3.61. The number of oxazole rings is 1. The Balaban J connectivity index is 1.91. The average Bonchev–Trinajstić information content (AvgIpc) is 3.33. The van der Waals surface area contributed by atoms with Gasteiger partial charge in [0.25, 0.3) is 5.09 Å². The van der Waals surface area contributed by atoms with E-state index in [1.54, 1.807) is 30.3 Å². The van der Waals surface area contributed by atoms with Crippen LogP contribution in [0, 0.1) is 11.7 Å². The van der Waals surface area contributed by atoms with Crippen LogP contribution in [0.1, 0.15) is 12.8 Å². The zero-order chi connectivity index (χ0) is 19.9. The third kappa shape index (κ3) is 3.59. The molecular formula is C19H16FNO5S2. The van der Waals surface area contributed by atoms with Crippen LogP contribution in [-0.4, -0.2) is 27.6 Å². The SMILES string of the molecule is O=S(=O)(CC1CC1)c1oc(-c2ccccc2)nc1S(=O)(=O)c1cccc(F)c1. The summed E-state index contributed by atoms with van der Waals surface area (Å²) in [6.07, 6.45) is 1.54. The van der Waals surface area contributed by atoms with E-state index >= 15 is 0 Å². The molecule has 4 rings (SSSR count). The number of aromatic nitrogens is 1. The van der Waals surface area contributed by atoms with Gasteiger partial charge in [-0.2, -0.15) is 4.98 Å². The Morgan fingerprint density at radius 2 is 1.71 bits per heavy atom. The van der Waals surface area contributed by atoms with Crippen molar-refractivity contribution in [3.63, 3.8) is 0 Å². The largest absolute Gasteiger partial charge is 0.423 e. The van der Waals surface area contributed by atoms with Gasteiger partial charge in [-0.05, 0) is 49.1 Å². The molecule has 0 radical (unpaired) electrons. The van der Waals surface area contributed by atoms with Gasteiger partial charge in [0, 0.05) is 5.56 Å². The molecular weight excluding hydrogens is 405 g/mol. The van der Waals surface area contributed by atoms with Gasteiger partial charge in [-0.1, -0.05) is 24.3 Å². The van der Waals surface area contributed by atoms with Gasteiger partial charge in [-0.15, -0.1) is 0 Å². The van der Waals surface area contributed by atoms with Gasteiger partial charge < -0.3 is 4.42 Å². The fraction of sp³-hybridized carbons (Fsp3) is 0.211. The lowest BCUT2D eigenvalue weighted by Crippen LogP contribution is -2.13. The van der Waals surface area contributed by atoms with Gasteiger partial charge in [-0.25, -0.2) is 21.2 Å². The highest BCUT2D eigenvalue weighted by Gasteiger charge is 2.38. The van der Waals surface area contributed by atoms with Crippen molar-refractivity contribution >= 4 is 19.7 Å². The van der Waals surface area contributed by atoms with Crippen LogP contribution in [0.5, 0.6) is 0 Å². The van der Waals surface area contributed by atoms with Gasteiger partial charge in [0.1, 0.15) is 5.82 Å². The maximum Gasteiger partial charge on any atom is 0.258 e. The molecule has 1 aliphatic rings. The number of nitrogens with zero attached hydrogens (tertiary/aromatic N) is 1. The molecule has 0 N–H and O–H groups in total. The van der Waals surface area contributed by atoms with Gasteiger partial charge in [0.2, 0.25) is 30.6 Å². The molecule has 1 saturated carbocycles. The summed E-state index contributed by atoms with van der Waals surface area (Å²) in [7, 11) is -8.42. The molecule has 9 heteroatoms. The molecule has 2 aromatic carbocycles. The Morgan fingerprint density at radius 3 is 2.36 bits per heavy atom. The molecule has 0 bridgehead atoms. The van der Waals surface area contributed by atoms with Crippen molar-refractivity contribution in [3.8, 4) is 11.5 Å². The van der Waals surface area contributed by atoms with E-state index in [9.17, 15) is 21.2 Å². The first-order chi connectivity index (χ1) is 13.3. The van der Waals surface area contributed by atoms with Gasteiger partial charge in [0.05, 0.1) is 10.6 Å². The van der Waals surface area contributed by atoms with E-state index in [0.717, 1.165) is 25.0 Å². The Morgan fingerprint density at radius 1 is 1.00 bits per heavy atom. The molecule has 0 atom stereocenters. The fourth-order valence-corrected chi connectivity index (χ4v) is 6.32. The Labute approximate surface area is 161 Å². The van der Waals surface area contributed by atoms with Gasteiger partial charge in [0.15, 0.2) is 0 Å². The number of benzene rings is 2. The van der Waals surface area contributed by atoms with Gasteiger partial charge in [-0.3, -0.25) is 0 Å². The van der Waals surface area contributed by atoms with Crippen LogP contribution >= 0.6 is 0 Å². The molecule has 1 aromatic heterocycles. The Bertz CT molecular complexity index is 1230. The minimum Gasteiger partial charge on any atom is -0.423 e. The van der Waals surface area contributed by atoms with Crippen molar-refractivity contribution in [3.05, 3.63) is 60.4 Å². The van der Waals surface area contributed by atoms with E-state index in [4.69, 9.17) is 4.42 Å². The van der Waals surface area contributed by atoms with Crippen LogP contribution in [0.2, 0.25) is 0 Å². The summed E-state index contributed by atoms with van der Waals surface area (Å²) < 4.78 is 70.8. The third-order valence-electron chi connectivity index (χ3n) is 4.38. The molecule has 1 fully saturated rings. The van der Waals surface area contributed by atoms with E-state index in [2.05, 4.69) is 4.98 Å². The molecule has 0 saturated heterocycles. The maximum absolute atomic E-state index is 13.6. The molecule has 28 heavy (non-hydrogen) atoms. The van der Waals surface area contributed by atoms with Crippen LogP contribution in [0.4, 0.5) is 4.39 Å². The minimum absolute atomic E-state index is 0.0139. The van der Waals surface area contributed by atoms with E-state index in [1.807, 2.05) is 0 Å². The molecule has 0 unspecified atom stereocenters. The van der Waals surface area contributed by atoms with Crippen molar-refractivity contribution < 1.29 is 25.6 Å². The standard InChI is InChI=1S/C19H16FNO5S2/c20-15-7-4-8-16(11-15)28(24,25)18-19(27(22,23)12-13-9-10-13)26-17(21-18)14-5-2-1-3-6-14/h1-8,11,13H,9-10,12H2. The number of hydrogen-bond acceptors (Lipinski definition) is 6. The fourth-order valence-electron chi connectivity index (χ4n) is 2.78. The predicted molar refractivity (Wildman–Crippen MR) is 98.6 cm³/mol. The Hall–Kier alpha value is -2.52. The van der Waals surface area contributed by atoms with E-state index < -0.39 is 35.6 Å². The molecule has 6 nitrogen and oxygen atoms in total. The quantitative estimate of drug-likeness (QED) is 0.605. The third-order valence-corrected chi connectivity index (χ3v) is 7.92. The number of sulfone groups is 2. The summed E-state index contributed by atoms with van der Waals surface area (Å²) in [6, 6.07) is 12.7. The van der Waals surface area contributed by atoms with Crippen molar-refractivity contribution in [1.29, 1.82) is 0 Å². The van der Waals surface area contributed by atoms with Crippen molar-refractivity contribution in [2.75, 3.05) is 5.75 Å². The zero-order valence-corrected chi connectivity index (χ0v) is 16.2. The van der Waals surface area contributed by atoms with Gasteiger partial charge >= 0.3 is 0 Å². The normalized spacial score (nSPS) is 14.9. The average molecular weight is 421 g/mol. The van der Waals surface area contributed by atoms with E-state index in [1.165, 1.54) is 12.1 Å². The second-order valence-corrected chi connectivity index (χ2v) is 10.5. The van der Waals surface area contributed by atoms with Crippen LogP contribution in [0.25, 0.3) is 11.5 Å². The number of rotatable bonds is 6. The maximum atomic E-state index is 13.6. The molecule has 3 aromatic rings. The molecule has 146 valence electrons. The molecule has 0 spiro atoms. The minimum atomic E-state index is -4.40. The molecule has 0 aliphatic heterocycles. The van der Waals surface area contributed by atoms with Crippen molar-refractivity contribution in [2.45, 2.75) is 27.9 Å². The topological polar surface area (TPSA) is 94.3 Å². The highest BCUT2D eigenvalue weighted by molar-refractivity contribution is 7.94. The molecule has 1 aliphatic carbocycles. The lowest BCUT2D eigenvalue weighted by Gasteiger charge is -2.04. The lowest BCUT2D eigenvalue weighted by atomic mass is 10.2. The summed E-state index contributed by atoms with van der Waals surface area (Å²) in [5, 5.41) is -1.40. The smallest absolute Gasteiger partial charge is 0.258 e. The van der Waals surface area contributed by atoms with E-state index in [-0.39, 0.29) is 22.5 Å². The number of halogens is 1. The summed E-state index contributed by atoms with van der Waals surface area (Å²) >= 11 is 0. The lowest BCUT2D eigenvalue weighted by molar-refractivity contribution is 0.444. The first-order valence-corrected chi connectivity index (χ1v) is 11.7. The van der Waals surface area contributed by atoms with E-state index in [0.29, 0.717) is 5.56 Å². The first-order valence-electron chi connectivity index (χ1n) is 8.57. The van der Waals surface area contributed by atoms with Crippen LogP contribution in [0.15, 0.2) is 74.0 Å². The van der Waals surface area contributed by atoms with Crippen LogP contribution in [0.3, 0.4) is 0 Å². The monoisotopic (exact) mass is 421 g/mol. The highest BCUT2D eigenvalue weighted by Crippen LogP contribution is 2.36. The highest BCUT2D eigenvalue weighted by atomic mass is 32.2. The van der Waals surface area contributed by atoms with Crippen LogP contribution < -0.4 is 0 Å². The molecule has 0 amide bonds. The predicted octanol–water partition coefficient (Wildman–Crippen LogP) is 3.50. The van der Waals surface area contributed by atoms with Crippen molar-refractivity contribution in [1.82, 2.24) is 4.98 Å². The summed E-state index contributed by atoms with van der Waals surface area (Å²) in [6.45, 7) is 0. The summed E-state index contributed by atoms with van der Waals surface area (Å²) in [5.41, 5.74) is 0.436. The molecule has 1 heterocycles. The summed E-state index contributed by atoms with van der Waals surface area (Å²) in [5.74, 6) is -1.09. The second-order valence-electron chi connectivity index (χ2n) is 6.66. The first kappa shape index (κ1) is 18.8. The van der Waals surface area contributed by atoms with Crippen molar-refractivity contribution in [2.24, 2.45) is 5.92 Å². The Kier molecular flexibility index (Phi) is 4.59. The number of hydrogen-bond donors (Lipinski definition) is 0. The zero-order valence-electron chi connectivity index (χ0n) is 14.6. The second kappa shape index (κ2) is 6.82. The van der Waals surface area contributed by atoms with Crippen LogP contribution in [-0.2, 0) is 19.7 Å².